The fourth-order valence-electron chi connectivity index (χ4n) is 3.63. The monoisotopic (exact) mass is 455 g/mol. The van der Waals surface area contributed by atoms with Gasteiger partial charge < -0.3 is 15.8 Å². The summed E-state index contributed by atoms with van der Waals surface area (Å²) >= 11 is 1.55. The number of pyridine rings is 1. The van der Waals surface area contributed by atoms with Crippen molar-refractivity contribution in [2.45, 2.75) is 18.9 Å². The van der Waals surface area contributed by atoms with E-state index in [1.165, 1.54) is 12.1 Å². The second-order valence-electron chi connectivity index (χ2n) is 7.38. The van der Waals surface area contributed by atoms with Gasteiger partial charge in [-0.2, -0.15) is 20.4 Å². The van der Waals surface area contributed by atoms with Crippen LogP contribution in [-0.4, -0.2) is 44.4 Å². The first-order valence-electron chi connectivity index (χ1n) is 10.0. The van der Waals surface area contributed by atoms with E-state index in [1.54, 1.807) is 23.6 Å². The first-order valence-corrected chi connectivity index (χ1v) is 11.0. The molecule has 0 aliphatic carbocycles. The molecule has 3 aromatic heterocycles. The fourth-order valence-corrected chi connectivity index (χ4v) is 4.30. The summed E-state index contributed by atoms with van der Waals surface area (Å²) in [6.45, 7) is 1.48. The number of thiophene rings is 1. The van der Waals surface area contributed by atoms with E-state index in [1.807, 2.05) is 16.8 Å². The number of tetrazole rings is 1. The molecule has 4 aromatic rings. The number of aromatic nitrogens is 5. The molecule has 1 fully saturated rings. The first kappa shape index (κ1) is 20.5. The van der Waals surface area contributed by atoms with E-state index in [-0.39, 0.29) is 29.2 Å². The van der Waals surface area contributed by atoms with E-state index >= 15 is 4.39 Å². The molecular weight excluding hydrogens is 436 g/mol. The van der Waals surface area contributed by atoms with Gasteiger partial charge in [-0.3, -0.25) is 0 Å². The molecule has 164 valence electrons. The molecule has 4 heterocycles. The minimum Gasteiger partial charge on any atom is -0.486 e. The van der Waals surface area contributed by atoms with Crippen LogP contribution in [0.4, 0.5) is 14.6 Å². The number of halogens is 2. The van der Waals surface area contributed by atoms with Gasteiger partial charge in [-0.05, 0) is 70.4 Å². The Kier molecular flexibility index (Phi) is 5.50. The molecule has 3 N–H and O–H groups in total. The summed E-state index contributed by atoms with van der Waals surface area (Å²) in [4.78, 5) is 4.22. The van der Waals surface area contributed by atoms with Crippen molar-refractivity contribution < 1.29 is 13.5 Å². The van der Waals surface area contributed by atoms with Gasteiger partial charge in [0.25, 0.3) is 0 Å². The number of nitrogen functional groups attached to an aromatic ring is 1. The summed E-state index contributed by atoms with van der Waals surface area (Å²) in [7, 11) is 0. The zero-order valence-electron chi connectivity index (χ0n) is 16.8. The van der Waals surface area contributed by atoms with Crippen molar-refractivity contribution in [1.29, 1.82) is 0 Å². The second-order valence-corrected chi connectivity index (χ2v) is 8.16. The molecule has 5 rings (SSSR count). The highest BCUT2D eigenvalue weighted by Gasteiger charge is 2.24. The van der Waals surface area contributed by atoms with Crippen LogP contribution in [-0.2, 0) is 0 Å². The molecule has 0 radical (unpaired) electrons. The smallest absolute Gasteiger partial charge is 0.202 e. The van der Waals surface area contributed by atoms with Gasteiger partial charge in [-0.25, -0.2) is 9.37 Å². The van der Waals surface area contributed by atoms with Crippen molar-refractivity contribution >= 4 is 17.2 Å². The third kappa shape index (κ3) is 3.80. The Hall–Kier alpha value is -3.44. The normalized spacial score (nSPS) is 16.2. The Morgan fingerprint density at radius 2 is 2.09 bits per heavy atom. The maximum Gasteiger partial charge on any atom is 0.202 e. The molecule has 11 heteroatoms. The standard InChI is InChI=1S/C21H19F2N7OS/c22-18-16(3-4-17(19(18)23)31-14-2-1-6-25-10-14)30-21(27-28-29-30)15-8-13(9-26-20(15)24)12-5-7-32-11-12/h3-5,7-9,11,14,25H,1-2,6,10H2,(H2,24,26). The maximum absolute atomic E-state index is 15.0. The van der Waals surface area contributed by atoms with Crippen LogP contribution in [0, 0.1) is 11.6 Å². The van der Waals surface area contributed by atoms with E-state index in [0.717, 1.165) is 35.2 Å². The molecule has 0 bridgehead atoms. The minimum absolute atomic E-state index is 0.143. The van der Waals surface area contributed by atoms with Crippen molar-refractivity contribution in [3.63, 3.8) is 0 Å². The number of nitrogens with one attached hydrogen (secondary N) is 1. The van der Waals surface area contributed by atoms with Gasteiger partial charge in [0.05, 0.1) is 5.56 Å². The number of nitrogens with zero attached hydrogens (tertiary/aromatic N) is 5. The highest BCUT2D eigenvalue weighted by molar-refractivity contribution is 7.08. The highest BCUT2D eigenvalue weighted by atomic mass is 32.1. The van der Waals surface area contributed by atoms with E-state index in [4.69, 9.17) is 10.5 Å². The van der Waals surface area contributed by atoms with Gasteiger partial charge in [-0.15, -0.1) is 5.10 Å². The fraction of sp³-hybridized carbons (Fsp3) is 0.238. The summed E-state index contributed by atoms with van der Waals surface area (Å²) in [6.07, 6.45) is 3.12. The second kappa shape index (κ2) is 8.60. The molecular formula is C21H19F2N7OS. The molecule has 32 heavy (non-hydrogen) atoms. The number of hydrogen-bond acceptors (Lipinski definition) is 8. The summed E-state index contributed by atoms with van der Waals surface area (Å²) in [5.74, 6) is -2.02. The lowest BCUT2D eigenvalue weighted by Crippen LogP contribution is -2.37. The third-order valence-electron chi connectivity index (χ3n) is 5.28. The van der Waals surface area contributed by atoms with E-state index in [9.17, 15) is 4.39 Å². The number of benzene rings is 1. The predicted octanol–water partition coefficient (Wildman–Crippen LogP) is 3.44. The number of rotatable bonds is 5. The van der Waals surface area contributed by atoms with Crippen LogP contribution in [0.25, 0.3) is 28.2 Å². The lowest BCUT2D eigenvalue weighted by molar-refractivity contribution is 0.159. The van der Waals surface area contributed by atoms with Crippen LogP contribution in [0.15, 0.2) is 41.2 Å². The zero-order valence-corrected chi connectivity index (χ0v) is 17.6. The Morgan fingerprint density at radius 1 is 1.19 bits per heavy atom. The molecule has 1 saturated heterocycles. The van der Waals surface area contributed by atoms with Crippen molar-refractivity contribution in [2.24, 2.45) is 0 Å². The Labute approximate surface area is 186 Å². The third-order valence-corrected chi connectivity index (χ3v) is 5.97. The average Bonchev–Trinajstić information content (AvgIpc) is 3.51. The molecule has 0 amide bonds. The first-order chi connectivity index (χ1) is 15.6. The van der Waals surface area contributed by atoms with Crippen molar-refractivity contribution in [1.82, 2.24) is 30.5 Å². The Balaban J connectivity index is 1.51. The van der Waals surface area contributed by atoms with Crippen LogP contribution in [0.3, 0.4) is 0 Å². The van der Waals surface area contributed by atoms with Crippen LogP contribution >= 0.6 is 11.3 Å². The zero-order chi connectivity index (χ0) is 22.1. The number of hydrogen-bond donors (Lipinski definition) is 2. The van der Waals surface area contributed by atoms with E-state index < -0.39 is 11.6 Å². The van der Waals surface area contributed by atoms with Crippen molar-refractivity contribution in [2.75, 3.05) is 18.8 Å². The summed E-state index contributed by atoms with van der Waals surface area (Å²) in [6, 6.07) is 6.49. The summed E-state index contributed by atoms with van der Waals surface area (Å²) in [5.41, 5.74) is 8.08. The molecule has 1 aliphatic rings. The molecule has 1 aromatic carbocycles. The van der Waals surface area contributed by atoms with Crippen LogP contribution in [0.5, 0.6) is 5.75 Å². The number of ether oxygens (including phenoxy) is 1. The number of anilines is 1. The molecule has 1 aliphatic heterocycles. The van der Waals surface area contributed by atoms with E-state index in [0.29, 0.717) is 12.1 Å². The van der Waals surface area contributed by atoms with Gasteiger partial charge >= 0.3 is 0 Å². The molecule has 0 spiro atoms. The average molecular weight is 455 g/mol. The van der Waals surface area contributed by atoms with Gasteiger partial charge in [0.1, 0.15) is 17.6 Å². The number of piperidine rings is 1. The summed E-state index contributed by atoms with van der Waals surface area (Å²) < 4.78 is 36.6. The van der Waals surface area contributed by atoms with Crippen molar-refractivity contribution in [3.05, 3.63) is 52.9 Å². The minimum atomic E-state index is -1.11. The van der Waals surface area contributed by atoms with E-state index in [2.05, 4.69) is 25.8 Å². The molecule has 1 atom stereocenters. The van der Waals surface area contributed by atoms with Crippen LogP contribution < -0.4 is 15.8 Å². The van der Waals surface area contributed by atoms with Gasteiger partial charge in [0.15, 0.2) is 17.4 Å². The lowest BCUT2D eigenvalue weighted by atomic mass is 10.1. The molecule has 1 unspecified atom stereocenters. The van der Waals surface area contributed by atoms with Crippen LogP contribution in [0.1, 0.15) is 12.8 Å². The quantitative estimate of drug-likeness (QED) is 0.475. The Bertz CT molecular complexity index is 1240. The maximum atomic E-state index is 15.0. The van der Waals surface area contributed by atoms with Gasteiger partial charge in [0.2, 0.25) is 5.82 Å². The van der Waals surface area contributed by atoms with Gasteiger partial charge in [0, 0.05) is 18.3 Å². The SMILES string of the molecule is Nc1ncc(-c2ccsc2)cc1-c1nnnn1-c1ccc(OC2CCCNC2)c(F)c1F. The lowest BCUT2D eigenvalue weighted by Gasteiger charge is -2.24. The Morgan fingerprint density at radius 3 is 2.88 bits per heavy atom. The summed E-state index contributed by atoms with van der Waals surface area (Å²) in [5, 5.41) is 18.6. The largest absolute Gasteiger partial charge is 0.486 e. The number of nitrogens with two attached hydrogens (primary N) is 1. The van der Waals surface area contributed by atoms with Crippen LogP contribution in [0.2, 0.25) is 0 Å². The highest BCUT2D eigenvalue weighted by Crippen LogP contribution is 2.32. The van der Waals surface area contributed by atoms with Crippen molar-refractivity contribution in [3.8, 4) is 34.0 Å². The molecule has 8 nitrogen and oxygen atoms in total. The topological polar surface area (TPSA) is 104 Å². The van der Waals surface area contributed by atoms with Gasteiger partial charge in [-0.1, -0.05) is 0 Å². The molecule has 0 saturated carbocycles. The predicted molar refractivity (Wildman–Crippen MR) is 117 cm³/mol.